The molecular weight excluding hydrogens is 266 g/mol. The van der Waals surface area contributed by atoms with Gasteiger partial charge in [0.25, 0.3) is 5.91 Å². The van der Waals surface area contributed by atoms with Crippen LogP contribution in [0.5, 0.6) is 5.75 Å². The van der Waals surface area contributed by atoms with Crippen molar-refractivity contribution in [3.8, 4) is 5.75 Å². The average Bonchev–Trinajstić information content (AvgIpc) is 3.20. The van der Waals surface area contributed by atoms with Gasteiger partial charge in [-0.15, -0.1) is 0 Å². The Morgan fingerprint density at radius 3 is 2.67 bits per heavy atom. The molecule has 0 saturated heterocycles. The normalized spacial score (nSPS) is 16.4. The van der Waals surface area contributed by atoms with Gasteiger partial charge in [-0.25, -0.2) is 0 Å². The van der Waals surface area contributed by atoms with Gasteiger partial charge in [-0.3, -0.25) is 9.78 Å². The molecule has 0 radical (unpaired) electrons. The first kappa shape index (κ1) is 15.8. The van der Waals surface area contributed by atoms with E-state index in [-0.39, 0.29) is 11.4 Å². The van der Waals surface area contributed by atoms with Gasteiger partial charge in [0.1, 0.15) is 5.75 Å². The van der Waals surface area contributed by atoms with Gasteiger partial charge in [-0.05, 0) is 52.7 Å². The van der Waals surface area contributed by atoms with E-state index in [0.29, 0.717) is 11.8 Å². The first-order valence-corrected chi connectivity index (χ1v) is 7.50. The summed E-state index contributed by atoms with van der Waals surface area (Å²) in [6, 6.07) is 4.46. The second-order valence-electron chi connectivity index (χ2n) is 6.64. The van der Waals surface area contributed by atoms with E-state index in [2.05, 4.69) is 15.6 Å². The lowest BCUT2D eigenvalue weighted by molar-refractivity contribution is -0.128. The molecule has 1 amide bonds. The van der Waals surface area contributed by atoms with E-state index in [1.807, 2.05) is 32.9 Å². The summed E-state index contributed by atoms with van der Waals surface area (Å²) >= 11 is 0. The number of nitrogens with one attached hydrogen (secondary N) is 2. The summed E-state index contributed by atoms with van der Waals surface area (Å²) in [5.74, 6) is 0.490. The van der Waals surface area contributed by atoms with Gasteiger partial charge >= 0.3 is 0 Å². The molecule has 1 aromatic rings. The summed E-state index contributed by atoms with van der Waals surface area (Å²) in [4.78, 5) is 16.3. The van der Waals surface area contributed by atoms with Crippen molar-refractivity contribution in [2.75, 3.05) is 0 Å². The van der Waals surface area contributed by atoms with E-state index in [4.69, 9.17) is 4.74 Å². The molecule has 0 aromatic carbocycles. The lowest BCUT2D eigenvalue weighted by atomic mass is 10.1. The molecule has 0 aliphatic heterocycles. The fourth-order valence-electron chi connectivity index (χ4n) is 1.85. The van der Waals surface area contributed by atoms with Crippen LogP contribution in [0, 0.1) is 0 Å². The van der Waals surface area contributed by atoms with Gasteiger partial charge in [0.05, 0.1) is 11.9 Å². The number of hydrogen-bond donors (Lipinski definition) is 2. The summed E-state index contributed by atoms with van der Waals surface area (Å²) in [7, 11) is 0. The van der Waals surface area contributed by atoms with E-state index in [0.717, 1.165) is 12.2 Å². The van der Waals surface area contributed by atoms with Crippen molar-refractivity contribution in [3.05, 3.63) is 24.0 Å². The number of carbonyl (C=O) groups is 1. The molecule has 1 unspecified atom stereocenters. The second kappa shape index (κ2) is 6.43. The Kier molecular flexibility index (Phi) is 4.83. The van der Waals surface area contributed by atoms with Crippen LogP contribution in [-0.4, -0.2) is 28.6 Å². The summed E-state index contributed by atoms with van der Waals surface area (Å²) in [6.07, 6.45) is 3.66. The molecule has 1 saturated carbocycles. The van der Waals surface area contributed by atoms with Gasteiger partial charge in [0.2, 0.25) is 0 Å². The molecule has 5 nitrogen and oxygen atoms in total. The maximum absolute atomic E-state index is 11.9. The summed E-state index contributed by atoms with van der Waals surface area (Å²) in [6.45, 7) is 8.36. The Bertz CT molecular complexity index is 475. The molecule has 1 heterocycles. The van der Waals surface area contributed by atoms with Gasteiger partial charge in [0.15, 0.2) is 6.10 Å². The van der Waals surface area contributed by atoms with E-state index in [9.17, 15) is 4.79 Å². The van der Waals surface area contributed by atoms with E-state index in [1.165, 1.54) is 12.8 Å². The van der Waals surface area contributed by atoms with Crippen molar-refractivity contribution in [2.45, 2.75) is 64.8 Å². The molecule has 2 N–H and O–H groups in total. The van der Waals surface area contributed by atoms with Crippen molar-refractivity contribution >= 4 is 5.91 Å². The number of carbonyl (C=O) groups excluding carboxylic acids is 1. The largest absolute Gasteiger partial charge is 0.479 e. The maximum atomic E-state index is 11.9. The number of aromatic nitrogens is 1. The van der Waals surface area contributed by atoms with Crippen molar-refractivity contribution in [2.24, 2.45) is 0 Å². The van der Waals surface area contributed by atoms with Crippen molar-refractivity contribution in [3.63, 3.8) is 0 Å². The maximum Gasteiger partial charge on any atom is 0.261 e. The van der Waals surface area contributed by atoms with Crippen LogP contribution >= 0.6 is 0 Å². The van der Waals surface area contributed by atoms with Crippen LogP contribution in [0.4, 0.5) is 0 Å². The highest BCUT2D eigenvalue weighted by molar-refractivity contribution is 5.81. The van der Waals surface area contributed by atoms with Crippen LogP contribution in [0.15, 0.2) is 18.3 Å². The van der Waals surface area contributed by atoms with Crippen LogP contribution in [0.1, 0.15) is 46.2 Å². The number of hydrogen-bond acceptors (Lipinski definition) is 4. The van der Waals surface area contributed by atoms with Gasteiger partial charge in [-0.1, -0.05) is 0 Å². The zero-order valence-corrected chi connectivity index (χ0v) is 13.3. The van der Waals surface area contributed by atoms with Gasteiger partial charge < -0.3 is 15.4 Å². The van der Waals surface area contributed by atoms with E-state index in [1.54, 1.807) is 13.1 Å². The van der Waals surface area contributed by atoms with E-state index >= 15 is 0 Å². The second-order valence-corrected chi connectivity index (χ2v) is 6.64. The van der Waals surface area contributed by atoms with Crippen LogP contribution in [0.3, 0.4) is 0 Å². The summed E-state index contributed by atoms with van der Waals surface area (Å²) < 4.78 is 5.62. The third kappa shape index (κ3) is 5.71. The minimum absolute atomic E-state index is 0.123. The van der Waals surface area contributed by atoms with Crippen LogP contribution in [0.2, 0.25) is 0 Å². The molecule has 1 aromatic heterocycles. The standard InChI is InChI=1S/C16H25N3O2/c1-11(15(20)19-16(2,3)4)21-14-8-7-13(18-10-14)9-17-12-5-6-12/h7-8,10-12,17H,5-6,9H2,1-4H3,(H,19,20). The predicted molar refractivity (Wildman–Crippen MR) is 82.1 cm³/mol. The third-order valence-corrected chi connectivity index (χ3v) is 3.13. The third-order valence-electron chi connectivity index (χ3n) is 3.13. The topological polar surface area (TPSA) is 63.2 Å². The predicted octanol–water partition coefficient (Wildman–Crippen LogP) is 2.02. The molecule has 1 atom stereocenters. The molecule has 2 rings (SSSR count). The average molecular weight is 291 g/mol. The zero-order valence-electron chi connectivity index (χ0n) is 13.3. The summed E-state index contributed by atoms with van der Waals surface area (Å²) in [5.41, 5.74) is 0.728. The number of ether oxygens (including phenoxy) is 1. The number of amides is 1. The van der Waals surface area contributed by atoms with Crippen molar-refractivity contribution < 1.29 is 9.53 Å². The number of rotatable bonds is 6. The molecule has 0 bridgehead atoms. The first-order chi connectivity index (χ1) is 9.83. The first-order valence-electron chi connectivity index (χ1n) is 7.50. The highest BCUT2D eigenvalue weighted by Crippen LogP contribution is 2.19. The highest BCUT2D eigenvalue weighted by atomic mass is 16.5. The number of nitrogens with zero attached hydrogens (tertiary/aromatic N) is 1. The van der Waals surface area contributed by atoms with Crippen molar-refractivity contribution in [1.29, 1.82) is 0 Å². The molecule has 116 valence electrons. The molecule has 1 aliphatic rings. The van der Waals surface area contributed by atoms with Crippen LogP contribution < -0.4 is 15.4 Å². The minimum Gasteiger partial charge on any atom is -0.479 e. The lowest BCUT2D eigenvalue weighted by Crippen LogP contribution is -2.46. The van der Waals surface area contributed by atoms with E-state index < -0.39 is 6.10 Å². The minimum atomic E-state index is -0.540. The van der Waals surface area contributed by atoms with Crippen LogP contribution in [0.25, 0.3) is 0 Å². The summed E-state index contributed by atoms with van der Waals surface area (Å²) in [5, 5.41) is 6.31. The molecule has 1 fully saturated rings. The van der Waals surface area contributed by atoms with Crippen LogP contribution in [-0.2, 0) is 11.3 Å². The molecule has 5 heteroatoms. The van der Waals surface area contributed by atoms with Crippen molar-refractivity contribution in [1.82, 2.24) is 15.6 Å². The monoisotopic (exact) mass is 291 g/mol. The fraction of sp³-hybridized carbons (Fsp3) is 0.625. The molecular formula is C16H25N3O2. The van der Waals surface area contributed by atoms with Gasteiger partial charge in [0, 0.05) is 18.1 Å². The fourth-order valence-corrected chi connectivity index (χ4v) is 1.85. The lowest BCUT2D eigenvalue weighted by Gasteiger charge is -2.23. The van der Waals surface area contributed by atoms with Gasteiger partial charge in [-0.2, -0.15) is 0 Å². The Morgan fingerprint density at radius 2 is 2.14 bits per heavy atom. The molecule has 1 aliphatic carbocycles. The Labute approximate surface area is 126 Å². The number of pyridine rings is 1. The SMILES string of the molecule is CC(Oc1ccc(CNC2CC2)nc1)C(=O)NC(C)(C)C. The smallest absolute Gasteiger partial charge is 0.261 e. The Morgan fingerprint density at radius 1 is 1.43 bits per heavy atom. The molecule has 21 heavy (non-hydrogen) atoms. The Balaban J connectivity index is 1.82. The Hall–Kier alpha value is -1.62. The zero-order chi connectivity index (χ0) is 15.5. The highest BCUT2D eigenvalue weighted by Gasteiger charge is 2.21. The molecule has 0 spiro atoms. The quantitative estimate of drug-likeness (QED) is 0.841.